The van der Waals surface area contributed by atoms with E-state index in [2.05, 4.69) is 43.0 Å². The molecule has 0 unspecified atom stereocenters. The molecule has 1 N–H and O–H groups in total. The molecule has 1 heterocycles. The molecule has 0 aliphatic rings. The topological polar surface area (TPSA) is 47.0 Å². The Labute approximate surface area is 110 Å². The quantitative estimate of drug-likeness (QED) is 0.753. The lowest BCUT2D eigenvalue weighted by molar-refractivity contribution is 0.293. The predicted octanol–water partition coefficient (Wildman–Crippen LogP) is 3.52. The van der Waals surface area contributed by atoms with Crippen LogP contribution >= 0.6 is 0 Å². The molecule has 1 aromatic heterocycles. The second-order valence-corrected chi connectivity index (χ2v) is 4.75. The molecule has 18 heavy (non-hydrogen) atoms. The van der Waals surface area contributed by atoms with Crippen LogP contribution in [0.15, 0.2) is 0 Å². The summed E-state index contributed by atoms with van der Waals surface area (Å²) < 4.78 is 5.76. The van der Waals surface area contributed by atoms with Gasteiger partial charge in [0.25, 0.3) is 0 Å². The highest BCUT2D eigenvalue weighted by Crippen LogP contribution is 2.24. The highest BCUT2D eigenvalue weighted by atomic mass is 16.5. The van der Waals surface area contributed by atoms with Crippen molar-refractivity contribution in [1.82, 2.24) is 9.97 Å². The van der Waals surface area contributed by atoms with Gasteiger partial charge in [-0.2, -0.15) is 4.98 Å². The molecule has 1 rings (SSSR count). The van der Waals surface area contributed by atoms with Crippen molar-refractivity contribution in [2.24, 2.45) is 0 Å². The zero-order valence-electron chi connectivity index (χ0n) is 12.2. The fourth-order valence-corrected chi connectivity index (χ4v) is 1.56. The van der Waals surface area contributed by atoms with E-state index < -0.39 is 0 Å². The largest absolute Gasteiger partial charge is 0.477 e. The maximum atomic E-state index is 5.76. The highest BCUT2D eigenvalue weighted by Gasteiger charge is 2.13. The maximum absolute atomic E-state index is 5.76. The maximum Gasteiger partial charge on any atom is 0.221 e. The Hall–Kier alpha value is -1.32. The molecule has 4 heteroatoms. The van der Waals surface area contributed by atoms with Crippen LogP contribution in [-0.2, 0) is 0 Å². The number of hydrogen-bond donors (Lipinski definition) is 1. The Kier molecular flexibility index (Phi) is 5.89. The molecular weight excluding hydrogens is 226 g/mol. The van der Waals surface area contributed by atoms with Crippen LogP contribution in [0, 0.1) is 6.92 Å². The first-order chi connectivity index (χ1) is 8.60. The summed E-state index contributed by atoms with van der Waals surface area (Å²) in [5, 5.41) is 3.27. The van der Waals surface area contributed by atoms with Crippen LogP contribution in [-0.4, -0.2) is 23.1 Å². The molecule has 0 saturated carbocycles. The third-order valence-electron chi connectivity index (χ3n) is 2.72. The van der Waals surface area contributed by atoms with Crippen molar-refractivity contribution in [3.05, 3.63) is 11.4 Å². The molecule has 0 aliphatic heterocycles. The molecule has 0 saturated heterocycles. The number of ether oxygens (including phenoxy) is 1. The van der Waals surface area contributed by atoms with Gasteiger partial charge in [0.05, 0.1) is 12.2 Å². The summed E-state index contributed by atoms with van der Waals surface area (Å²) in [4.78, 5) is 9.06. The van der Waals surface area contributed by atoms with Crippen molar-refractivity contribution in [3.8, 4) is 5.88 Å². The normalized spacial score (nSPS) is 10.8. The first-order valence-electron chi connectivity index (χ1n) is 6.85. The SMILES string of the molecule is CCCCOc1nc(C(C)C)nc(NCC)c1C. The van der Waals surface area contributed by atoms with Crippen molar-refractivity contribution < 1.29 is 4.74 Å². The van der Waals surface area contributed by atoms with Gasteiger partial charge in [0.1, 0.15) is 11.6 Å². The number of nitrogens with one attached hydrogen (secondary N) is 1. The second kappa shape index (κ2) is 7.19. The minimum absolute atomic E-state index is 0.302. The van der Waals surface area contributed by atoms with Crippen LogP contribution in [0.2, 0.25) is 0 Å². The molecule has 4 nitrogen and oxygen atoms in total. The van der Waals surface area contributed by atoms with Crippen LogP contribution < -0.4 is 10.1 Å². The van der Waals surface area contributed by atoms with E-state index in [0.29, 0.717) is 5.92 Å². The standard InChI is InChI=1S/C14H25N3O/c1-6-8-9-18-14-11(5)13(15-7-2)16-12(17-14)10(3)4/h10H,6-9H2,1-5H3,(H,15,16,17). The smallest absolute Gasteiger partial charge is 0.221 e. The molecule has 0 spiro atoms. The Morgan fingerprint density at radius 3 is 2.50 bits per heavy atom. The van der Waals surface area contributed by atoms with Crippen LogP contribution in [0.5, 0.6) is 5.88 Å². The molecule has 0 aliphatic carbocycles. The zero-order chi connectivity index (χ0) is 13.5. The van der Waals surface area contributed by atoms with Gasteiger partial charge >= 0.3 is 0 Å². The Balaban J connectivity index is 2.98. The summed E-state index contributed by atoms with van der Waals surface area (Å²) in [6, 6.07) is 0. The van der Waals surface area contributed by atoms with Crippen molar-refractivity contribution in [1.29, 1.82) is 0 Å². The number of unbranched alkanes of at least 4 members (excludes halogenated alkanes) is 1. The van der Waals surface area contributed by atoms with Gasteiger partial charge in [0, 0.05) is 12.5 Å². The second-order valence-electron chi connectivity index (χ2n) is 4.75. The lowest BCUT2D eigenvalue weighted by atomic mass is 10.2. The molecule has 0 aromatic carbocycles. The molecule has 0 bridgehead atoms. The Bertz CT molecular complexity index is 378. The van der Waals surface area contributed by atoms with E-state index in [1.807, 2.05) is 6.92 Å². The summed E-state index contributed by atoms with van der Waals surface area (Å²) in [5.41, 5.74) is 0.998. The van der Waals surface area contributed by atoms with Gasteiger partial charge in [0.2, 0.25) is 5.88 Å². The van der Waals surface area contributed by atoms with Crippen molar-refractivity contribution >= 4 is 5.82 Å². The number of rotatable bonds is 7. The van der Waals surface area contributed by atoms with Gasteiger partial charge in [-0.1, -0.05) is 27.2 Å². The van der Waals surface area contributed by atoms with E-state index in [9.17, 15) is 0 Å². The number of hydrogen-bond acceptors (Lipinski definition) is 4. The van der Waals surface area contributed by atoms with Crippen LogP contribution in [0.4, 0.5) is 5.82 Å². The average Bonchev–Trinajstić information content (AvgIpc) is 2.33. The molecule has 102 valence electrons. The van der Waals surface area contributed by atoms with Gasteiger partial charge in [-0.25, -0.2) is 4.98 Å². The molecule has 0 fully saturated rings. The van der Waals surface area contributed by atoms with Gasteiger partial charge in [-0.3, -0.25) is 0 Å². The molecular formula is C14H25N3O. The van der Waals surface area contributed by atoms with E-state index in [4.69, 9.17) is 4.74 Å². The van der Waals surface area contributed by atoms with E-state index in [0.717, 1.165) is 49.1 Å². The average molecular weight is 251 g/mol. The van der Waals surface area contributed by atoms with Crippen molar-refractivity contribution in [3.63, 3.8) is 0 Å². The van der Waals surface area contributed by atoms with E-state index in [1.165, 1.54) is 0 Å². The predicted molar refractivity (Wildman–Crippen MR) is 75.4 cm³/mol. The summed E-state index contributed by atoms with van der Waals surface area (Å²) in [6.45, 7) is 12.0. The van der Waals surface area contributed by atoms with Crippen LogP contribution in [0.1, 0.15) is 57.8 Å². The number of nitrogens with zero attached hydrogens (tertiary/aromatic N) is 2. The summed E-state index contributed by atoms with van der Waals surface area (Å²) in [6.07, 6.45) is 2.18. The van der Waals surface area contributed by atoms with E-state index >= 15 is 0 Å². The van der Waals surface area contributed by atoms with E-state index in [-0.39, 0.29) is 0 Å². The number of aromatic nitrogens is 2. The first-order valence-corrected chi connectivity index (χ1v) is 6.85. The van der Waals surface area contributed by atoms with Crippen molar-refractivity contribution in [2.45, 2.75) is 53.4 Å². The van der Waals surface area contributed by atoms with Gasteiger partial charge < -0.3 is 10.1 Å². The summed E-state index contributed by atoms with van der Waals surface area (Å²) in [5.74, 6) is 2.75. The van der Waals surface area contributed by atoms with Gasteiger partial charge in [-0.05, 0) is 20.3 Å². The lowest BCUT2D eigenvalue weighted by Crippen LogP contribution is -2.10. The minimum atomic E-state index is 0.302. The fraction of sp³-hybridized carbons (Fsp3) is 0.714. The van der Waals surface area contributed by atoms with Gasteiger partial charge in [0.15, 0.2) is 0 Å². The summed E-state index contributed by atoms with van der Waals surface area (Å²) >= 11 is 0. The molecule has 0 amide bonds. The van der Waals surface area contributed by atoms with Gasteiger partial charge in [-0.15, -0.1) is 0 Å². The molecule has 1 aromatic rings. The molecule has 0 atom stereocenters. The Morgan fingerprint density at radius 2 is 1.94 bits per heavy atom. The molecule has 0 radical (unpaired) electrons. The minimum Gasteiger partial charge on any atom is -0.477 e. The first kappa shape index (κ1) is 14.7. The third kappa shape index (κ3) is 3.86. The highest BCUT2D eigenvalue weighted by molar-refractivity contribution is 5.48. The van der Waals surface area contributed by atoms with Crippen LogP contribution in [0.3, 0.4) is 0 Å². The lowest BCUT2D eigenvalue weighted by Gasteiger charge is -2.15. The third-order valence-corrected chi connectivity index (χ3v) is 2.72. The van der Waals surface area contributed by atoms with Crippen molar-refractivity contribution in [2.75, 3.05) is 18.5 Å². The fourth-order valence-electron chi connectivity index (χ4n) is 1.56. The monoisotopic (exact) mass is 251 g/mol. The zero-order valence-corrected chi connectivity index (χ0v) is 12.2. The van der Waals surface area contributed by atoms with E-state index in [1.54, 1.807) is 0 Å². The Morgan fingerprint density at radius 1 is 1.22 bits per heavy atom. The number of anilines is 1. The summed E-state index contributed by atoms with van der Waals surface area (Å²) in [7, 11) is 0. The van der Waals surface area contributed by atoms with Crippen LogP contribution in [0.25, 0.3) is 0 Å².